The van der Waals surface area contributed by atoms with Gasteiger partial charge in [-0.3, -0.25) is 0 Å². The molecule has 0 radical (unpaired) electrons. The standard InChI is InChI=1S/C15H17BrN2/c1-11-9-13(16)5-8-15(11)18-10-12-3-6-14(17-2)7-4-12/h3-9,17-18H,10H2,1-2H3. The molecule has 0 aliphatic carbocycles. The number of rotatable bonds is 4. The van der Waals surface area contributed by atoms with E-state index in [4.69, 9.17) is 0 Å². The monoisotopic (exact) mass is 304 g/mol. The maximum atomic E-state index is 3.47. The van der Waals surface area contributed by atoms with Crippen molar-refractivity contribution in [3.8, 4) is 0 Å². The third-order valence-electron chi connectivity index (χ3n) is 2.91. The zero-order valence-corrected chi connectivity index (χ0v) is 12.2. The van der Waals surface area contributed by atoms with Crippen molar-refractivity contribution in [3.05, 3.63) is 58.1 Å². The minimum Gasteiger partial charge on any atom is -0.388 e. The molecule has 0 unspecified atom stereocenters. The number of benzene rings is 2. The lowest BCUT2D eigenvalue weighted by atomic mass is 10.1. The van der Waals surface area contributed by atoms with Crippen LogP contribution in [0.25, 0.3) is 0 Å². The summed E-state index contributed by atoms with van der Waals surface area (Å²) in [5, 5.41) is 6.57. The predicted molar refractivity (Wildman–Crippen MR) is 82.2 cm³/mol. The SMILES string of the molecule is CNc1ccc(CNc2ccc(Br)cc2C)cc1. The molecule has 2 rings (SSSR count). The van der Waals surface area contributed by atoms with Crippen molar-refractivity contribution >= 4 is 27.3 Å². The van der Waals surface area contributed by atoms with Crippen LogP contribution in [-0.4, -0.2) is 7.05 Å². The van der Waals surface area contributed by atoms with E-state index in [0.717, 1.165) is 16.7 Å². The summed E-state index contributed by atoms with van der Waals surface area (Å²) < 4.78 is 1.11. The van der Waals surface area contributed by atoms with Gasteiger partial charge in [-0.1, -0.05) is 28.1 Å². The molecular weight excluding hydrogens is 288 g/mol. The fraction of sp³-hybridized carbons (Fsp3) is 0.200. The van der Waals surface area contributed by atoms with Gasteiger partial charge in [0, 0.05) is 29.4 Å². The van der Waals surface area contributed by atoms with E-state index in [0.29, 0.717) is 0 Å². The second-order valence-electron chi connectivity index (χ2n) is 4.26. The summed E-state index contributed by atoms with van der Waals surface area (Å²) in [5.74, 6) is 0. The number of nitrogens with one attached hydrogen (secondary N) is 2. The topological polar surface area (TPSA) is 24.1 Å². The first kappa shape index (κ1) is 13.0. The van der Waals surface area contributed by atoms with E-state index in [1.54, 1.807) is 0 Å². The smallest absolute Gasteiger partial charge is 0.0400 e. The van der Waals surface area contributed by atoms with Gasteiger partial charge in [0.1, 0.15) is 0 Å². The minimum atomic E-state index is 0.840. The molecule has 0 atom stereocenters. The molecule has 0 heterocycles. The number of halogens is 1. The Balaban J connectivity index is 2.02. The first-order valence-electron chi connectivity index (χ1n) is 5.96. The van der Waals surface area contributed by atoms with Crippen molar-refractivity contribution in [1.82, 2.24) is 0 Å². The van der Waals surface area contributed by atoms with Crippen LogP contribution in [0.4, 0.5) is 11.4 Å². The molecule has 0 fully saturated rings. The maximum absolute atomic E-state index is 3.47. The van der Waals surface area contributed by atoms with E-state index in [-0.39, 0.29) is 0 Å². The van der Waals surface area contributed by atoms with Gasteiger partial charge < -0.3 is 10.6 Å². The summed E-state index contributed by atoms with van der Waals surface area (Å²) in [4.78, 5) is 0. The van der Waals surface area contributed by atoms with E-state index < -0.39 is 0 Å². The van der Waals surface area contributed by atoms with E-state index in [1.165, 1.54) is 16.8 Å². The molecule has 0 saturated carbocycles. The summed E-state index contributed by atoms with van der Waals surface area (Å²) in [6.07, 6.45) is 0. The van der Waals surface area contributed by atoms with E-state index in [9.17, 15) is 0 Å². The van der Waals surface area contributed by atoms with Gasteiger partial charge in [-0.05, 0) is 48.4 Å². The molecule has 2 nitrogen and oxygen atoms in total. The van der Waals surface area contributed by atoms with Gasteiger partial charge in [0.15, 0.2) is 0 Å². The van der Waals surface area contributed by atoms with Crippen molar-refractivity contribution in [1.29, 1.82) is 0 Å². The highest BCUT2D eigenvalue weighted by Crippen LogP contribution is 2.20. The Bertz CT molecular complexity index is 521. The molecule has 0 aliphatic rings. The Kier molecular flexibility index (Phi) is 4.26. The molecule has 0 spiro atoms. The van der Waals surface area contributed by atoms with Crippen molar-refractivity contribution in [2.75, 3.05) is 17.7 Å². The highest BCUT2D eigenvalue weighted by molar-refractivity contribution is 9.10. The van der Waals surface area contributed by atoms with Crippen molar-refractivity contribution in [2.24, 2.45) is 0 Å². The van der Waals surface area contributed by atoms with Gasteiger partial charge in [-0.15, -0.1) is 0 Å². The molecule has 18 heavy (non-hydrogen) atoms. The molecule has 0 bridgehead atoms. The lowest BCUT2D eigenvalue weighted by molar-refractivity contribution is 1.14. The fourth-order valence-electron chi connectivity index (χ4n) is 1.81. The zero-order chi connectivity index (χ0) is 13.0. The molecule has 94 valence electrons. The minimum absolute atomic E-state index is 0.840. The van der Waals surface area contributed by atoms with Crippen molar-refractivity contribution in [3.63, 3.8) is 0 Å². The predicted octanol–water partition coefficient (Wildman–Crippen LogP) is 4.41. The first-order valence-corrected chi connectivity index (χ1v) is 6.75. The van der Waals surface area contributed by atoms with Gasteiger partial charge in [0.25, 0.3) is 0 Å². The summed E-state index contributed by atoms with van der Waals surface area (Å²) >= 11 is 3.47. The van der Waals surface area contributed by atoms with E-state index in [2.05, 4.69) is 76.0 Å². The van der Waals surface area contributed by atoms with Gasteiger partial charge in [0.05, 0.1) is 0 Å². The Hall–Kier alpha value is -1.48. The quantitative estimate of drug-likeness (QED) is 0.874. The molecule has 0 aromatic heterocycles. The van der Waals surface area contributed by atoms with Crippen LogP contribution in [0, 0.1) is 6.92 Å². The van der Waals surface area contributed by atoms with Gasteiger partial charge in [0.2, 0.25) is 0 Å². The van der Waals surface area contributed by atoms with E-state index in [1.807, 2.05) is 7.05 Å². The summed E-state index contributed by atoms with van der Waals surface area (Å²) in [5.41, 5.74) is 4.84. The summed E-state index contributed by atoms with van der Waals surface area (Å²) in [6.45, 7) is 2.95. The van der Waals surface area contributed by atoms with E-state index >= 15 is 0 Å². The highest BCUT2D eigenvalue weighted by Gasteiger charge is 1.99. The second kappa shape index (κ2) is 5.91. The van der Waals surface area contributed by atoms with Crippen molar-refractivity contribution in [2.45, 2.75) is 13.5 Å². The largest absolute Gasteiger partial charge is 0.388 e. The maximum Gasteiger partial charge on any atom is 0.0400 e. The number of hydrogen-bond donors (Lipinski definition) is 2. The van der Waals surface area contributed by atoms with Gasteiger partial charge in [-0.2, -0.15) is 0 Å². The third-order valence-corrected chi connectivity index (χ3v) is 3.41. The number of hydrogen-bond acceptors (Lipinski definition) is 2. The molecule has 3 heteroatoms. The second-order valence-corrected chi connectivity index (χ2v) is 5.18. The molecule has 0 amide bonds. The molecule has 0 aliphatic heterocycles. The van der Waals surface area contributed by atoms with Crippen LogP contribution in [0.5, 0.6) is 0 Å². The Labute approximate surface area is 117 Å². The number of aryl methyl sites for hydroxylation is 1. The first-order chi connectivity index (χ1) is 8.69. The van der Waals surface area contributed by atoms with Crippen LogP contribution in [0.2, 0.25) is 0 Å². The Morgan fingerprint density at radius 1 is 1.06 bits per heavy atom. The number of anilines is 2. The van der Waals surface area contributed by atoms with Crippen molar-refractivity contribution < 1.29 is 0 Å². The van der Waals surface area contributed by atoms with Gasteiger partial charge >= 0.3 is 0 Å². The molecule has 2 aromatic carbocycles. The zero-order valence-electron chi connectivity index (χ0n) is 10.6. The highest BCUT2D eigenvalue weighted by atomic mass is 79.9. The summed E-state index contributed by atoms with van der Waals surface area (Å²) in [6, 6.07) is 14.7. The van der Waals surface area contributed by atoms with Gasteiger partial charge in [-0.25, -0.2) is 0 Å². The van der Waals surface area contributed by atoms with Crippen LogP contribution < -0.4 is 10.6 Å². The Morgan fingerprint density at radius 2 is 1.78 bits per heavy atom. The van der Waals surface area contributed by atoms with Crippen LogP contribution in [0.3, 0.4) is 0 Å². The van der Waals surface area contributed by atoms with Crippen LogP contribution in [0.15, 0.2) is 46.9 Å². The lowest BCUT2D eigenvalue weighted by Crippen LogP contribution is -2.01. The third kappa shape index (κ3) is 3.26. The van der Waals surface area contributed by atoms with Crippen LogP contribution in [-0.2, 0) is 6.54 Å². The molecule has 2 N–H and O–H groups in total. The lowest BCUT2D eigenvalue weighted by Gasteiger charge is -2.10. The normalized spacial score (nSPS) is 10.2. The summed E-state index contributed by atoms with van der Waals surface area (Å²) in [7, 11) is 1.93. The molecule has 2 aromatic rings. The fourth-order valence-corrected chi connectivity index (χ4v) is 2.29. The van der Waals surface area contributed by atoms with Crippen LogP contribution in [0.1, 0.15) is 11.1 Å². The average Bonchev–Trinajstić information content (AvgIpc) is 2.38. The molecular formula is C15H17BrN2. The Morgan fingerprint density at radius 3 is 2.39 bits per heavy atom. The molecule has 0 saturated heterocycles. The average molecular weight is 305 g/mol. The van der Waals surface area contributed by atoms with Crippen LogP contribution >= 0.6 is 15.9 Å².